The van der Waals surface area contributed by atoms with Gasteiger partial charge in [0, 0.05) is 4.88 Å². The van der Waals surface area contributed by atoms with Gasteiger partial charge in [0.2, 0.25) is 5.91 Å². The van der Waals surface area contributed by atoms with Gasteiger partial charge in [-0.1, -0.05) is 6.07 Å². The van der Waals surface area contributed by atoms with Crippen LogP contribution in [0.1, 0.15) is 10.4 Å². The van der Waals surface area contributed by atoms with Crippen molar-refractivity contribution in [3.8, 4) is 5.75 Å². The second-order valence-electron chi connectivity index (χ2n) is 3.95. The number of aryl methyl sites for hydroxylation is 1. The number of phenols is 1. The van der Waals surface area contributed by atoms with Gasteiger partial charge < -0.3 is 10.4 Å². The van der Waals surface area contributed by atoms with E-state index in [0.29, 0.717) is 12.1 Å². The molecule has 1 heterocycles. The number of phenolic OH excluding ortho intramolecular Hbond substituents is 1. The highest BCUT2D eigenvalue weighted by atomic mass is 79.9. The van der Waals surface area contributed by atoms with Crippen molar-refractivity contribution in [3.05, 3.63) is 44.6 Å². The standard InChI is InChI=1S/C13H12BrNO2S/c1-8-2-4-10(11(16)6-8)15-13(17)7-9-3-5-12(14)18-9/h2-6,16H,7H2,1H3,(H,15,17). The summed E-state index contributed by atoms with van der Waals surface area (Å²) in [5.74, 6) is -0.0424. The predicted octanol–water partition coefficient (Wildman–Crippen LogP) is 3.71. The summed E-state index contributed by atoms with van der Waals surface area (Å²) in [6.45, 7) is 1.88. The topological polar surface area (TPSA) is 49.3 Å². The van der Waals surface area contributed by atoms with E-state index in [1.165, 1.54) is 11.3 Å². The van der Waals surface area contributed by atoms with Crippen molar-refractivity contribution in [2.45, 2.75) is 13.3 Å². The van der Waals surface area contributed by atoms with E-state index >= 15 is 0 Å². The Labute approximate surface area is 118 Å². The number of thiophene rings is 1. The number of aromatic hydroxyl groups is 1. The normalized spacial score (nSPS) is 10.3. The van der Waals surface area contributed by atoms with Gasteiger partial charge in [-0.05, 0) is 52.7 Å². The van der Waals surface area contributed by atoms with Crippen molar-refractivity contribution in [2.24, 2.45) is 0 Å². The summed E-state index contributed by atoms with van der Waals surface area (Å²) >= 11 is 4.88. The average Bonchev–Trinajstić information content (AvgIpc) is 2.68. The van der Waals surface area contributed by atoms with E-state index in [2.05, 4.69) is 21.2 Å². The van der Waals surface area contributed by atoms with Crippen molar-refractivity contribution in [2.75, 3.05) is 5.32 Å². The van der Waals surface area contributed by atoms with Gasteiger partial charge in [-0.25, -0.2) is 0 Å². The summed E-state index contributed by atoms with van der Waals surface area (Å²) in [5, 5.41) is 12.4. The van der Waals surface area contributed by atoms with Crippen LogP contribution in [0.25, 0.3) is 0 Å². The number of benzene rings is 1. The molecular formula is C13H12BrNO2S. The molecule has 0 saturated heterocycles. The van der Waals surface area contributed by atoms with Gasteiger partial charge in [0.05, 0.1) is 15.9 Å². The number of rotatable bonds is 3. The van der Waals surface area contributed by atoms with Crippen LogP contribution in [0.5, 0.6) is 5.75 Å². The van der Waals surface area contributed by atoms with Gasteiger partial charge >= 0.3 is 0 Å². The van der Waals surface area contributed by atoms with Crippen molar-refractivity contribution in [1.29, 1.82) is 0 Å². The molecule has 2 rings (SSSR count). The van der Waals surface area contributed by atoms with Gasteiger partial charge in [-0.2, -0.15) is 0 Å². The number of hydrogen-bond acceptors (Lipinski definition) is 3. The molecule has 2 aromatic rings. The molecule has 0 atom stereocenters. The first-order valence-electron chi connectivity index (χ1n) is 5.38. The molecule has 0 aliphatic heterocycles. The highest BCUT2D eigenvalue weighted by Crippen LogP contribution is 2.25. The summed E-state index contributed by atoms with van der Waals surface area (Å²) in [6.07, 6.45) is 0.309. The van der Waals surface area contributed by atoms with Crippen LogP contribution in [0.4, 0.5) is 5.69 Å². The maximum Gasteiger partial charge on any atom is 0.229 e. The second-order valence-corrected chi connectivity index (χ2v) is 6.50. The fourth-order valence-electron chi connectivity index (χ4n) is 1.55. The number of amides is 1. The van der Waals surface area contributed by atoms with Crippen LogP contribution < -0.4 is 5.32 Å². The molecule has 2 N–H and O–H groups in total. The number of anilines is 1. The lowest BCUT2D eigenvalue weighted by Gasteiger charge is -2.07. The molecule has 94 valence electrons. The van der Waals surface area contributed by atoms with Gasteiger partial charge in [0.15, 0.2) is 0 Å². The van der Waals surface area contributed by atoms with E-state index in [-0.39, 0.29) is 11.7 Å². The van der Waals surface area contributed by atoms with E-state index in [1.807, 2.05) is 25.1 Å². The first-order valence-corrected chi connectivity index (χ1v) is 6.99. The van der Waals surface area contributed by atoms with Crippen molar-refractivity contribution < 1.29 is 9.90 Å². The van der Waals surface area contributed by atoms with E-state index in [4.69, 9.17) is 0 Å². The van der Waals surface area contributed by atoms with Crippen molar-refractivity contribution in [3.63, 3.8) is 0 Å². The Hall–Kier alpha value is -1.33. The number of carbonyl (C=O) groups is 1. The molecule has 0 aliphatic rings. The zero-order chi connectivity index (χ0) is 13.1. The Morgan fingerprint density at radius 1 is 1.39 bits per heavy atom. The van der Waals surface area contributed by atoms with Crippen LogP contribution >= 0.6 is 27.3 Å². The summed E-state index contributed by atoms with van der Waals surface area (Å²) in [5.41, 5.74) is 1.40. The van der Waals surface area contributed by atoms with Crippen molar-refractivity contribution >= 4 is 38.9 Å². The zero-order valence-corrected chi connectivity index (χ0v) is 12.1. The monoisotopic (exact) mass is 325 g/mol. The summed E-state index contributed by atoms with van der Waals surface area (Å²) in [4.78, 5) is 12.8. The van der Waals surface area contributed by atoms with Crippen LogP contribution in [0.2, 0.25) is 0 Å². The molecule has 0 fully saturated rings. The van der Waals surface area contributed by atoms with Gasteiger partial charge in [0.25, 0.3) is 0 Å². The molecule has 0 unspecified atom stereocenters. The average molecular weight is 326 g/mol. The van der Waals surface area contributed by atoms with Crippen LogP contribution in [0, 0.1) is 6.92 Å². The third kappa shape index (κ3) is 3.34. The molecule has 0 spiro atoms. The number of halogens is 1. The zero-order valence-electron chi connectivity index (χ0n) is 9.74. The lowest BCUT2D eigenvalue weighted by molar-refractivity contribution is -0.115. The lowest BCUT2D eigenvalue weighted by atomic mass is 10.2. The van der Waals surface area contributed by atoms with Crippen LogP contribution in [-0.4, -0.2) is 11.0 Å². The predicted molar refractivity (Wildman–Crippen MR) is 77.2 cm³/mol. The van der Waals surface area contributed by atoms with E-state index in [0.717, 1.165) is 14.2 Å². The van der Waals surface area contributed by atoms with E-state index in [9.17, 15) is 9.90 Å². The molecular weight excluding hydrogens is 314 g/mol. The smallest absolute Gasteiger partial charge is 0.229 e. The second kappa shape index (κ2) is 5.54. The van der Waals surface area contributed by atoms with E-state index < -0.39 is 0 Å². The molecule has 1 aromatic carbocycles. The molecule has 0 bridgehead atoms. The molecule has 5 heteroatoms. The minimum atomic E-state index is -0.136. The van der Waals surface area contributed by atoms with Gasteiger partial charge in [-0.15, -0.1) is 11.3 Å². The Bertz CT molecular complexity index is 580. The minimum Gasteiger partial charge on any atom is -0.506 e. The molecule has 0 aliphatic carbocycles. The van der Waals surface area contributed by atoms with Crippen LogP contribution in [-0.2, 0) is 11.2 Å². The first kappa shape index (κ1) is 13.1. The molecule has 0 radical (unpaired) electrons. The fourth-order valence-corrected chi connectivity index (χ4v) is 3.03. The fraction of sp³-hybridized carbons (Fsp3) is 0.154. The Kier molecular flexibility index (Phi) is 4.04. The molecule has 18 heavy (non-hydrogen) atoms. The van der Waals surface area contributed by atoms with Gasteiger partial charge in [0.1, 0.15) is 5.75 Å². The number of hydrogen-bond donors (Lipinski definition) is 2. The largest absolute Gasteiger partial charge is 0.506 e. The Morgan fingerprint density at radius 2 is 2.17 bits per heavy atom. The highest BCUT2D eigenvalue weighted by molar-refractivity contribution is 9.11. The highest BCUT2D eigenvalue weighted by Gasteiger charge is 2.08. The molecule has 1 aromatic heterocycles. The number of carbonyl (C=O) groups excluding carboxylic acids is 1. The SMILES string of the molecule is Cc1ccc(NC(=O)Cc2ccc(Br)s2)c(O)c1. The quantitative estimate of drug-likeness (QED) is 0.845. The molecule has 0 saturated carbocycles. The molecule has 1 amide bonds. The van der Waals surface area contributed by atoms with Crippen LogP contribution in [0.3, 0.4) is 0 Å². The van der Waals surface area contributed by atoms with Crippen LogP contribution in [0.15, 0.2) is 34.1 Å². The third-order valence-corrected chi connectivity index (χ3v) is 4.01. The summed E-state index contributed by atoms with van der Waals surface area (Å²) in [6, 6.07) is 8.99. The Morgan fingerprint density at radius 3 is 2.78 bits per heavy atom. The first-order chi connectivity index (χ1) is 8.54. The third-order valence-electron chi connectivity index (χ3n) is 2.39. The number of nitrogens with one attached hydrogen (secondary N) is 1. The maximum atomic E-state index is 11.8. The van der Waals surface area contributed by atoms with Gasteiger partial charge in [-0.3, -0.25) is 4.79 Å². The van der Waals surface area contributed by atoms with E-state index in [1.54, 1.807) is 12.1 Å². The molecule has 3 nitrogen and oxygen atoms in total. The maximum absolute atomic E-state index is 11.8. The van der Waals surface area contributed by atoms with Crippen molar-refractivity contribution in [1.82, 2.24) is 0 Å². The summed E-state index contributed by atoms with van der Waals surface area (Å²) < 4.78 is 1.00. The summed E-state index contributed by atoms with van der Waals surface area (Å²) in [7, 11) is 0. The Balaban J connectivity index is 2.03. The minimum absolute atomic E-state index is 0.0933. The lowest BCUT2D eigenvalue weighted by Crippen LogP contribution is -2.13.